The van der Waals surface area contributed by atoms with Crippen LogP contribution in [-0.4, -0.2) is 38.9 Å². The van der Waals surface area contributed by atoms with E-state index >= 15 is 0 Å². The topological polar surface area (TPSA) is 125 Å². The lowest BCUT2D eigenvalue weighted by atomic mass is 10.3. The van der Waals surface area contributed by atoms with Gasteiger partial charge in [-0.2, -0.15) is 10.1 Å². The van der Waals surface area contributed by atoms with Gasteiger partial charge in [-0.25, -0.2) is 4.79 Å². The zero-order valence-corrected chi connectivity index (χ0v) is 13.6. The van der Waals surface area contributed by atoms with Crippen molar-refractivity contribution in [3.05, 3.63) is 36.0 Å². The summed E-state index contributed by atoms with van der Waals surface area (Å²) in [6.07, 6.45) is 1.88. The summed E-state index contributed by atoms with van der Waals surface area (Å²) in [5.74, 6) is 0.558. The van der Waals surface area contributed by atoms with Crippen molar-refractivity contribution in [2.75, 3.05) is 12.4 Å². The van der Waals surface area contributed by atoms with E-state index in [0.717, 1.165) is 0 Å². The number of methoxy groups -OCH3 is 1. The van der Waals surface area contributed by atoms with Crippen molar-refractivity contribution in [1.82, 2.24) is 19.9 Å². The number of amides is 1. The number of aryl methyl sites for hydroxylation is 2. The molecule has 3 aromatic rings. The summed E-state index contributed by atoms with van der Waals surface area (Å²) in [6, 6.07) is 4.86. The molecule has 0 saturated carbocycles. The van der Waals surface area contributed by atoms with Gasteiger partial charge in [-0.3, -0.25) is 9.48 Å². The Labute approximate surface area is 141 Å². The number of carbonyl (C=O) groups is 2. The third kappa shape index (κ3) is 3.74. The Morgan fingerprint density at radius 2 is 2.24 bits per heavy atom. The molecule has 0 atom stereocenters. The van der Waals surface area contributed by atoms with Gasteiger partial charge in [-0.15, -0.1) is 0 Å². The largest absolute Gasteiger partial charge is 0.464 e. The van der Waals surface area contributed by atoms with E-state index in [9.17, 15) is 9.59 Å². The van der Waals surface area contributed by atoms with Gasteiger partial charge in [0.05, 0.1) is 13.4 Å². The molecule has 0 radical (unpaired) electrons. The maximum absolute atomic E-state index is 12.0. The van der Waals surface area contributed by atoms with Crippen LogP contribution in [-0.2, 0) is 23.0 Å². The number of aromatic nitrogens is 4. The van der Waals surface area contributed by atoms with Crippen LogP contribution in [0, 0.1) is 0 Å². The quantitative estimate of drug-likeness (QED) is 0.665. The highest BCUT2D eigenvalue weighted by atomic mass is 16.5. The standard InChI is InChI=1S/C15H15N5O5/c1-20-9(15(22)23-2)8-11(18-20)16-12(21)5-6-13-17-14(19-25-13)10-4-3-7-24-10/h3-4,7-8H,5-6H2,1-2H3,(H,16,18,21). The van der Waals surface area contributed by atoms with Crippen LogP contribution in [0.15, 0.2) is 33.4 Å². The lowest BCUT2D eigenvalue weighted by molar-refractivity contribution is -0.116. The third-order valence-corrected chi connectivity index (χ3v) is 3.32. The van der Waals surface area contributed by atoms with Gasteiger partial charge in [0, 0.05) is 26.0 Å². The summed E-state index contributed by atoms with van der Waals surface area (Å²) >= 11 is 0. The average molecular weight is 345 g/mol. The lowest BCUT2D eigenvalue weighted by Gasteiger charge is -1.99. The van der Waals surface area contributed by atoms with E-state index in [1.54, 1.807) is 19.2 Å². The van der Waals surface area contributed by atoms with E-state index in [2.05, 4.69) is 25.3 Å². The van der Waals surface area contributed by atoms with E-state index < -0.39 is 5.97 Å². The molecular weight excluding hydrogens is 330 g/mol. The van der Waals surface area contributed by atoms with Crippen molar-refractivity contribution in [2.45, 2.75) is 12.8 Å². The number of ether oxygens (including phenoxy) is 1. The monoisotopic (exact) mass is 345 g/mol. The van der Waals surface area contributed by atoms with Crippen LogP contribution in [0.1, 0.15) is 22.8 Å². The summed E-state index contributed by atoms with van der Waals surface area (Å²) < 4.78 is 16.2. The number of nitrogens with zero attached hydrogens (tertiary/aromatic N) is 4. The molecule has 10 heteroatoms. The van der Waals surface area contributed by atoms with Crippen LogP contribution < -0.4 is 5.32 Å². The second-order valence-corrected chi connectivity index (χ2v) is 5.07. The molecule has 25 heavy (non-hydrogen) atoms. The Bertz CT molecular complexity index is 880. The smallest absolute Gasteiger partial charge is 0.356 e. The predicted octanol–water partition coefficient (Wildman–Crippen LogP) is 1.42. The van der Waals surface area contributed by atoms with Gasteiger partial charge in [0.1, 0.15) is 5.69 Å². The molecule has 1 amide bonds. The summed E-state index contributed by atoms with van der Waals surface area (Å²) in [7, 11) is 2.85. The molecular formula is C15H15N5O5. The minimum absolute atomic E-state index is 0.115. The van der Waals surface area contributed by atoms with Crippen LogP contribution in [0.2, 0.25) is 0 Å². The van der Waals surface area contributed by atoms with Crippen LogP contribution in [0.25, 0.3) is 11.6 Å². The van der Waals surface area contributed by atoms with E-state index in [-0.39, 0.29) is 30.3 Å². The van der Waals surface area contributed by atoms with E-state index in [0.29, 0.717) is 17.5 Å². The highest BCUT2D eigenvalue weighted by Crippen LogP contribution is 2.16. The van der Waals surface area contributed by atoms with Crippen LogP contribution >= 0.6 is 0 Å². The van der Waals surface area contributed by atoms with E-state index in [1.807, 2.05) is 0 Å². The Hall–Kier alpha value is -3.43. The second kappa shape index (κ2) is 6.99. The molecule has 0 aromatic carbocycles. The molecule has 10 nitrogen and oxygen atoms in total. The highest BCUT2D eigenvalue weighted by molar-refractivity contribution is 5.93. The number of furan rings is 1. The number of nitrogens with one attached hydrogen (secondary N) is 1. The Balaban J connectivity index is 1.56. The molecule has 0 saturated heterocycles. The molecule has 3 rings (SSSR count). The summed E-state index contributed by atoms with van der Waals surface area (Å²) in [6.45, 7) is 0. The van der Waals surface area contributed by atoms with Crippen LogP contribution in [0.3, 0.4) is 0 Å². The molecule has 0 aliphatic heterocycles. The molecule has 0 spiro atoms. The maximum Gasteiger partial charge on any atom is 0.356 e. The van der Waals surface area contributed by atoms with Crippen molar-refractivity contribution in [2.24, 2.45) is 7.05 Å². The number of rotatable bonds is 6. The zero-order chi connectivity index (χ0) is 17.8. The predicted molar refractivity (Wildman–Crippen MR) is 83.5 cm³/mol. The van der Waals surface area contributed by atoms with Gasteiger partial charge in [0.2, 0.25) is 17.6 Å². The summed E-state index contributed by atoms with van der Waals surface area (Å²) in [5, 5.41) is 10.4. The fourth-order valence-corrected chi connectivity index (χ4v) is 2.11. The number of anilines is 1. The fraction of sp³-hybridized carbons (Fsp3) is 0.267. The van der Waals surface area contributed by atoms with Crippen molar-refractivity contribution in [1.29, 1.82) is 0 Å². The van der Waals surface area contributed by atoms with E-state index in [4.69, 9.17) is 8.94 Å². The molecule has 0 unspecified atom stereocenters. The number of hydrogen-bond donors (Lipinski definition) is 1. The van der Waals surface area contributed by atoms with Crippen molar-refractivity contribution < 1.29 is 23.3 Å². The highest BCUT2D eigenvalue weighted by Gasteiger charge is 2.16. The SMILES string of the molecule is COC(=O)c1cc(NC(=O)CCc2nc(-c3ccco3)no2)nn1C. The zero-order valence-electron chi connectivity index (χ0n) is 13.6. The first-order valence-electron chi connectivity index (χ1n) is 7.35. The maximum atomic E-state index is 12.0. The Morgan fingerprint density at radius 3 is 2.96 bits per heavy atom. The number of carbonyl (C=O) groups excluding carboxylic acids is 2. The van der Waals surface area contributed by atoms with Crippen molar-refractivity contribution in [3.63, 3.8) is 0 Å². The summed E-state index contributed by atoms with van der Waals surface area (Å²) in [4.78, 5) is 27.7. The summed E-state index contributed by atoms with van der Waals surface area (Å²) in [5.41, 5.74) is 0.234. The van der Waals surface area contributed by atoms with Gasteiger partial charge >= 0.3 is 5.97 Å². The molecule has 3 aromatic heterocycles. The normalized spacial score (nSPS) is 10.6. The molecule has 1 N–H and O–H groups in total. The molecule has 0 aliphatic rings. The molecule has 0 aliphatic carbocycles. The Morgan fingerprint density at radius 1 is 1.40 bits per heavy atom. The van der Waals surface area contributed by atoms with Crippen LogP contribution in [0.5, 0.6) is 0 Å². The van der Waals surface area contributed by atoms with Gasteiger partial charge in [-0.05, 0) is 12.1 Å². The average Bonchev–Trinajstić information content (AvgIpc) is 3.32. The first-order valence-corrected chi connectivity index (χ1v) is 7.35. The first-order chi connectivity index (χ1) is 12.1. The van der Waals surface area contributed by atoms with Gasteiger partial charge < -0.3 is 19.0 Å². The molecule has 130 valence electrons. The molecule has 0 bridgehead atoms. The lowest BCUT2D eigenvalue weighted by Crippen LogP contribution is -2.13. The van der Waals surface area contributed by atoms with Gasteiger partial charge in [-0.1, -0.05) is 5.16 Å². The fourth-order valence-electron chi connectivity index (χ4n) is 2.11. The minimum atomic E-state index is -0.535. The second-order valence-electron chi connectivity index (χ2n) is 5.07. The van der Waals surface area contributed by atoms with Crippen molar-refractivity contribution >= 4 is 17.7 Å². The number of esters is 1. The first kappa shape index (κ1) is 16.4. The third-order valence-electron chi connectivity index (χ3n) is 3.32. The Kier molecular flexibility index (Phi) is 4.59. The van der Waals surface area contributed by atoms with Gasteiger partial charge in [0.25, 0.3) is 0 Å². The van der Waals surface area contributed by atoms with Gasteiger partial charge in [0.15, 0.2) is 11.6 Å². The van der Waals surface area contributed by atoms with E-state index in [1.165, 1.54) is 24.1 Å². The molecule has 3 heterocycles. The number of hydrogen-bond acceptors (Lipinski definition) is 8. The van der Waals surface area contributed by atoms with Crippen molar-refractivity contribution in [3.8, 4) is 11.6 Å². The minimum Gasteiger partial charge on any atom is -0.464 e. The molecule has 0 fully saturated rings. The van der Waals surface area contributed by atoms with Crippen LogP contribution in [0.4, 0.5) is 5.82 Å².